The Balaban J connectivity index is 1.66. The molecule has 0 aromatic heterocycles. The number of nitrogens with zero attached hydrogens (tertiary/aromatic N) is 1. The second kappa shape index (κ2) is 7.25. The van der Waals surface area contributed by atoms with Crippen LogP contribution in [0.15, 0.2) is 48.5 Å². The molecule has 2 aromatic rings. The number of nitrogens with one attached hydrogen (secondary N) is 1. The third kappa shape index (κ3) is 3.32. The summed E-state index contributed by atoms with van der Waals surface area (Å²) < 4.78 is 10.7. The average molecular weight is 375 g/mol. The molecule has 136 valence electrons. The van der Waals surface area contributed by atoms with Crippen molar-refractivity contribution in [1.29, 1.82) is 0 Å². The van der Waals surface area contributed by atoms with Crippen molar-refractivity contribution in [3.05, 3.63) is 59.1 Å². The van der Waals surface area contributed by atoms with Crippen molar-refractivity contribution in [2.45, 2.75) is 12.5 Å². The van der Waals surface area contributed by atoms with Gasteiger partial charge in [-0.15, -0.1) is 0 Å². The highest BCUT2D eigenvalue weighted by molar-refractivity contribution is 6.32. The minimum absolute atomic E-state index is 0.136. The fourth-order valence-corrected chi connectivity index (χ4v) is 3.20. The second-order valence-electron chi connectivity index (χ2n) is 6.02. The van der Waals surface area contributed by atoms with Crippen molar-refractivity contribution < 1.29 is 19.1 Å². The number of imide groups is 1. The van der Waals surface area contributed by atoms with E-state index < -0.39 is 11.6 Å². The molecular formula is C19H19ClN2O4. The van der Waals surface area contributed by atoms with E-state index in [0.717, 1.165) is 10.6 Å². The number of carbonyl (C=O) groups excluding carboxylic acids is 2. The maximum absolute atomic E-state index is 12.8. The van der Waals surface area contributed by atoms with Crippen LogP contribution in [-0.4, -0.2) is 37.1 Å². The molecule has 3 amide bonds. The van der Waals surface area contributed by atoms with Gasteiger partial charge in [-0.3, -0.25) is 9.69 Å². The topological polar surface area (TPSA) is 67.9 Å². The molecule has 3 rings (SSSR count). The Kier molecular flexibility index (Phi) is 5.04. The highest BCUT2D eigenvalue weighted by Crippen LogP contribution is 2.33. The summed E-state index contributed by atoms with van der Waals surface area (Å²) in [5.74, 6) is 1.00. The molecule has 1 heterocycles. The number of carbonyl (C=O) groups is 2. The SMILES string of the molecule is COc1ccc(OCCN2C(=O)NC(C)(c3ccccc3Cl)C2=O)cc1. The summed E-state index contributed by atoms with van der Waals surface area (Å²) in [4.78, 5) is 26.3. The van der Waals surface area contributed by atoms with Gasteiger partial charge in [0, 0.05) is 10.6 Å². The Morgan fingerprint density at radius 3 is 2.38 bits per heavy atom. The van der Waals surface area contributed by atoms with Gasteiger partial charge in [-0.2, -0.15) is 0 Å². The largest absolute Gasteiger partial charge is 0.497 e. The Bertz CT molecular complexity index is 825. The number of ether oxygens (including phenoxy) is 2. The summed E-state index contributed by atoms with van der Waals surface area (Å²) in [5, 5.41) is 3.16. The Morgan fingerprint density at radius 2 is 1.73 bits per heavy atom. The molecule has 7 heteroatoms. The van der Waals surface area contributed by atoms with Gasteiger partial charge in [0.1, 0.15) is 23.6 Å². The van der Waals surface area contributed by atoms with Crippen molar-refractivity contribution in [3.8, 4) is 11.5 Å². The number of benzene rings is 2. The fraction of sp³-hybridized carbons (Fsp3) is 0.263. The first kappa shape index (κ1) is 18.1. The minimum Gasteiger partial charge on any atom is -0.497 e. The van der Waals surface area contributed by atoms with Crippen molar-refractivity contribution in [1.82, 2.24) is 10.2 Å². The Morgan fingerprint density at radius 1 is 1.08 bits per heavy atom. The normalized spacial score (nSPS) is 19.4. The summed E-state index contributed by atoms with van der Waals surface area (Å²) in [5.41, 5.74) is -0.617. The molecule has 1 unspecified atom stereocenters. The van der Waals surface area contributed by atoms with Crippen molar-refractivity contribution in [2.24, 2.45) is 0 Å². The highest BCUT2D eigenvalue weighted by atomic mass is 35.5. The average Bonchev–Trinajstić information content (AvgIpc) is 2.86. The molecule has 1 aliphatic heterocycles. The standard InChI is InChI=1S/C19H19ClN2O4/c1-19(15-5-3-4-6-16(15)20)17(23)22(18(24)21-19)11-12-26-14-9-7-13(25-2)8-10-14/h3-10H,11-12H2,1-2H3,(H,21,24). The number of rotatable bonds is 6. The van der Waals surface area contributed by atoms with Crippen LogP contribution in [0.1, 0.15) is 12.5 Å². The van der Waals surface area contributed by atoms with E-state index in [0.29, 0.717) is 16.3 Å². The molecule has 0 radical (unpaired) electrons. The smallest absolute Gasteiger partial charge is 0.325 e. The van der Waals surface area contributed by atoms with Gasteiger partial charge in [0.05, 0.1) is 13.7 Å². The third-order valence-electron chi connectivity index (χ3n) is 4.33. The van der Waals surface area contributed by atoms with Gasteiger partial charge < -0.3 is 14.8 Å². The molecule has 0 saturated carbocycles. The van der Waals surface area contributed by atoms with Crippen LogP contribution < -0.4 is 14.8 Å². The van der Waals surface area contributed by atoms with E-state index in [1.165, 1.54) is 0 Å². The van der Waals surface area contributed by atoms with Crippen LogP contribution in [0.5, 0.6) is 11.5 Å². The summed E-state index contributed by atoms with van der Waals surface area (Å²) >= 11 is 6.21. The van der Waals surface area contributed by atoms with Crippen molar-refractivity contribution in [3.63, 3.8) is 0 Å². The fourth-order valence-electron chi connectivity index (χ4n) is 2.88. The number of halogens is 1. The number of methoxy groups -OCH3 is 1. The molecule has 2 aromatic carbocycles. The van der Waals surface area contributed by atoms with Crippen LogP contribution in [0, 0.1) is 0 Å². The number of amides is 3. The summed E-state index contributed by atoms with van der Waals surface area (Å²) in [6.45, 7) is 1.97. The molecule has 6 nitrogen and oxygen atoms in total. The van der Waals surface area contributed by atoms with E-state index >= 15 is 0 Å². The van der Waals surface area contributed by atoms with Crippen LogP contribution in [0.3, 0.4) is 0 Å². The van der Waals surface area contributed by atoms with E-state index in [-0.39, 0.29) is 19.1 Å². The lowest BCUT2D eigenvalue weighted by Gasteiger charge is -2.23. The van der Waals surface area contributed by atoms with E-state index in [9.17, 15) is 9.59 Å². The zero-order chi connectivity index (χ0) is 18.7. The van der Waals surface area contributed by atoms with E-state index in [1.807, 2.05) is 0 Å². The monoisotopic (exact) mass is 374 g/mol. The molecular weight excluding hydrogens is 356 g/mol. The molecule has 26 heavy (non-hydrogen) atoms. The predicted molar refractivity (Wildman–Crippen MR) is 97.5 cm³/mol. The summed E-state index contributed by atoms with van der Waals surface area (Å²) in [6, 6.07) is 13.6. The predicted octanol–water partition coefficient (Wildman–Crippen LogP) is 3.19. The molecule has 0 aliphatic carbocycles. The summed E-state index contributed by atoms with van der Waals surface area (Å²) in [6.07, 6.45) is 0. The zero-order valence-electron chi connectivity index (χ0n) is 14.5. The molecule has 1 fully saturated rings. The third-order valence-corrected chi connectivity index (χ3v) is 4.66. The maximum Gasteiger partial charge on any atom is 0.325 e. The number of hydrogen-bond acceptors (Lipinski definition) is 4. The van der Waals surface area contributed by atoms with Crippen LogP contribution in [0.2, 0.25) is 5.02 Å². The zero-order valence-corrected chi connectivity index (χ0v) is 15.2. The number of hydrogen-bond donors (Lipinski definition) is 1. The van der Waals surface area contributed by atoms with Crippen LogP contribution in [0.25, 0.3) is 0 Å². The van der Waals surface area contributed by atoms with Crippen LogP contribution in [0.4, 0.5) is 4.79 Å². The van der Waals surface area contributed by atoms with Crippen LogP contribution >= 0.6 is 11.6 Å². The van der Waals surface area contributed by atoms with Gasteiger partial charge in [0.2, 0.25) is 0 Å². The molecule has 1 N–H and O–H groups in total. The first-order valence-corrected chi connectivity index (χ1v) is 8.49. The lowest BCUT2D eigenvalue weighted by molar-refractivity contribution is -0.131. The highest BCUT2D eigenvalue weighted by Gasteiger charge is 2.49. The minimum atomic E-state index is -1.18. The molecule has 1 aliphatic rings. The molecule has 0 spiro atoms. The lowest BCUT2D eigenvalue weighted by atomic mass is 9.92. The van der Waals surface area contributed by atoms with Gasteiger partial charge >= 0.3 is 6.03 Å². The lowest BCUT2D eigenvalue weighted by Crippen LogP contribution is -2.41. The van der Waals surface area contributed by atoms with Gasteiger partial charge in [0.25, 0.3) is 5.91 Å². The molecule has 1 atom stereocenters. The summed E-state index contributed by atoms with van der Waals surface area (Å²) in [7, 11) is 1.59. The van der Waals surface area contributed by atoms with E-state index in [2.05, 4.69) is 5.32 Å². The van der Waals surface area contributed by atoms with Crippen LogP contribution in [-0.2, 0) is 10.3 Å². The van der Waals surface area contributed by atoms with E-state index in [4.69, 9.17) is 21.1 Å². The van der Waals surface area contributed by atoms with Gasteiger partial charge in [0.15, 0.2) is 0 Å². The molecule has 1 saturated heterocycles. The van der Waals surface area contributed by atoms with Gasteiger partial charge in [-0.1, -0.05) is 29.8 Å². The first-order valence-electron chi connectivity index (χ1n) is 8.11. The molecule has 0 bridgehead atoms. The first-order chi connectivity index (χ1) is 12.5. The second-order valence-corrected chi connectivity index (χ2v) is 6.42. The number of urea groups is 1. The quantitative estimate of drug-likeness (QED) is 0.788. The van der Waals surface area contributed by atoms with Crippen molar-refractivity contribution >= 4 is 23.5 Å². The van der Waals surface area contributed by atoms with Gasteiger partial charge in [-0.25, -0.2) is 4.79 Å². The Hall–Kier alpha value is -2.73. The van der Waals surface area contributed by atoms with Crippen molar-refractivity contribution in [2.75, 3.05) is 20.3 Å². The maximum atomic E-state index is 12.8. The van der Waals surface area contributed by atoms with E-state index in [1.54, 1.807) is 62.6 Å². The van der Waals surface area contributed by atoms with Gasteiger partial charge in [-0.05, 0) is 37.3 Å². The Labute approximate surface area is 156 Å².